The first-order chi connectivity index (χ1) is 11.9. The second-order valence-electron chi connectivity index (χ2n) is 6.48. The molecule has 1 aromatic carbocycles. The molecule has 1 saturated heterocycles. The number of piperidine rings is 1. The highest BCUT2D eigenvalue weighted by atomic mass is 35.5. The Morgan fingerprint density at radius 3 is 2.84 bits per heavy atom. The van der Waals surface area contributed by atoms with Crippen LogP contribution >= 0.6 is 22.9 Å². The molecule has 7 heteroatoms. The van der Waals surface area contributed by atoms with Crippen LogP contribution in [-0.2, 0) is 16.0 Å². The molecular formula is C18H19ClN2O3S. The van der Waals surface area contributed by atoms with Gasteiger partial charge in [0, 0.05) is 24.0 Å². The van der Waals surface area contributed by atoms with E-state index in [0.717, 1.165) is 10.6 Å². The van der Waals surface area contributed by atoms with Crippen LogP contribution in [0, 0.1) is 11.8 Å². The molecule has 1 fully saturated rings. The predicted molar refractivity (Wildman–Crippen MR) is 97.8 cm³/mol. The average molecular weight is 379 g/mol. The van der Waals surface area contributed by atoms with Crippen molar-refractivity contribution in [2.24, 2.45) is 11.8 Å². The number of halogens is 1. The van der Waals surface area contributed by atoms with Crippen LogP contribution in [0.2, 0.25) is 5.02 Å². The van der Waals surface area contributed by atoms with Gasteiger partial charge in [0.15, 0.2) is 0 Å². The quantitative estimate of drug-likeness (QED) is 0.882. The SMILES string of the molecule is CC1CC(C(=O)O)CN(C(=O)Cc2csc(-c3ccccc3Cl)n2)C1. The second kappa shape index (κ2) is 7.54. The van der Waals surface area contributed by atoms with Gasteiger partial charge in [-0.15, -0.1) is 11.3 Å². The molecule has 1 N–H and O–H groups in total. The zero-order valence-electron chi connectivity index (χ0n) is 13.8. The second-order valence-corrected chi connectivity index (χ2v) is 7.74. The van der Waals surface area contributed by atoms with Gasteiger partial charge in [0.2, 0.25) is 5.91 Å². The number of benzene rings is 1. The number of hydrogen-bond acceptors (Lipinski definition) is 4. The van der Waals surface area contributed by atoms with Crippen LogP contribution in [0.25, 0.3) is 10.6 Å². The molecule has 0 radical (unpaired) electrons. The van der Waals surface area contributed by atoms with Gasteiger partial charge in [-0.2, -0.15) is 0 Å². The minimum Gasteiger partial charge on any atom is -0.481 e. The number of carboxylic acid groups (broad SMARTS) is 1. The fourth-order valence-electron chi connectivity index (χ4n) is 3.15. The first-order valence-corrected chi connectivity index (χ1v) is 9.39. The number of aromatic nitrogens is 1. The molecule has 1 aliphatic heterocycles. The van der Waals surface area contributed by atoms with E-state index in [2.05, 4.69) is 4.98 Å². The third-order valence-corrected chi connectivity index (χ3v) is 5.60. The molecule has 5 nitrogen and oxygen atoms in total. The minimum absolute atomic E-state index is 0.0752. The van der Waals surface area contributed by atoms with Crippen molar-refractivity contribution in [1.29, 1.82) is 0 Å². The number of likely N-dealkylation sites (tertiary alicyclic amines) is 1. The fourth-order valence-corrected chi connectivity index (χ4v) is 4.29. The highest BCUT2D eigenvalue weighted by Crippen LogP contribution is 2.30. The smallest absolute Gasteiger partial charge is 0.308 e. The fraction of sp³-hybridized carbons (Fsp3) is 0.389. The first kappa shape index (κ1) is 17.9. The summed E-state index contributed by atoms with van der Waals surface area (Å²) < 4.78 is 0. The Morgan fingerprint density at radius 2 is 2.12 bits per heavy atom. The summed E-state index contributed by atoms with van der Waals surface area (Å²) in [7, 11) is 0. The Hall–Kier alpha value is -1.92. The van der Waals surface area contributed by atoms with E-state index in [1.165, 1.54) is 11.3 Å². The van der Waals surface area contributed by atoms with Gasteiger partial charge >= 0.3 is 5.97 Å². The van der Waals surface area contributed by atoms with Crippen molar-refractivity contribution in [2.75, 3.05) is 13.1 Å². The summed E-state index contributed by atoms with van der Waals surface area (Å²) in [4.78, 5) is 30.0. The van der Waals surface area contributed by atoms with E-state index in [9.17, 15) is 14.7 Å². The van der Waals surface area contributed by atoms with Crippen LogP contribution in [-0.4, -0.2) is 40.0 Å². The normalized spacial score (nSPS) is 20.5. The molecule has 1 amide bonds. The van der Waals surface area contributed by atoms with Gasteiger partial charge in [-0.05, 0) is 18.4 Å². The minimum atomic E-state index is -0.834. The van der Waals surface area contributed by atoms with E-state index in [1.54, 1.807) is 4.90 Å². The van der Waals surface area contributed by atoms with Gasteiger partial charge in [0.1, 0.15) is 5.01 Å². The zero-order valence-corrected chi connectivity index (χ0v) is 15.4. The maximum absolute atomic E-state index is 12.6. The molecule has 132 valence electrons. The monoisotopic (exact) mass is 378 g/mol. The number of carboxylic acids is 1. The molecule has 1 aromatic heterocycles. The number of amides is 1. The van der Waals surface area contributed by atoms with Crippen molar-refractivity contribution in [3.63, 3.8) is 0 Å². The van der Waals surface area contributed by atoms with Crippen LogP contribution < -0.4 is 0 Å². The third-order valence-electron chi connectivity index (χ3n) is 4.35. The molecule has 3 rings (SSSR count). The summed E-state index contributed by atoms with van der Waals surface area (Å²) in [5.74, 6) is -1.21. The van der Waals surface area contributed by atoms with Crippen molar-refractivity contribution in [3.8, 4) is 10.6 Å². The Labute approximate surface area is 155 Å². The maximum atomic E-state index is 12.6. The Bertz CT molecular complexity index is 792. The van der Waals surface area contributed by atoms with Gasteiger partial charge in [-0.1, -0.05) is 36.7 Å². The average Bonchev–Trinajstić information content (AvgIpc) is 3.02. The summed E-state index contributed by atoms with van der Waals surface area (Å²) in [6.07, 6.45) is 0.798. The van der Waals surface area contributed by atoms with Gasteiger partial charge < -0.3 is 10.0 Å². The van der Waals surface area contributed by atoms with Crippen LogP contribution in [0.15, 0.2) is 29.6 Å². The lowest BCUT2D eigenvalue weighted by Crippen LogP contribution is -2.46. The highest BCUT2D eigenvalue weighted by molar-refractivity contribution is 7.13. The lowest BCUT2D eigenvalue weighted by Gasteiger charge is -2.34. The zero-order chi connectivity index (χ0) is 18.0. The topological polar surface area (TPSA) is 70.5 Å². The number of aliphatic carboxylic acids is 1. The molecule has 2 unspecified atom stereocenters. The summed E-state index contributed by atoms with van der Waals surface area (Å²) >= 11 is 7.64. The highest BCUT2D eigenvalue weighted by Gasteiger charge is 2.32. The van der Waals surface area contributed by atoms with E-state index in [-0.39, 0.29) is 24.8 Å². The molecule has 25 heavy (non-hydrogen) atoms. The number of rotatable bonds is 4. The molecule has 0 bridgehead atoms. The number of carbonyl (C=O) groups excluding carboxylic acids is 1. The van der Waals surface area contributed by atoms with Gasteiger partial charge in [0.05, 0.1) is 23.1 Å². The van der Waals surface area contributed by atoms with E-state index in [1.807, 2.05) is 36.6 Å². The van der Waals surface area contributed by atoms with Crippen LogP contribution in [0.1, 0.15) is 19.0 Å². The standard InChI is InChI=1S/C18H19ClN2O3S/c1-11-6-12(18(23)24)9-21(8-11)16(22)7-13-10-25-17(20-13)14-4-2-3-5-15(14)19/h2-5,10-12H,6-9H2,1H3,(H,23,24). The van der Waals surface area contributed by atoms with Crippen LogP contribution in [0.3, 0.4) is 0 Å². The van der Waals surface area contributed by atoms with Crippen molar-refractivity contribution in [3.05, 3.63) is 40.4 Å². The Morgan fingerprint density at radius 1 is 1.36 bits per heavy atom. The largest absolute Gasteiger partial charge is 0.481 e. The molecular weight excluding hydrogens is 360 g/mol. The summed E-state index contributed by atoms with van der Waals surface area (Å²) in [5, 5.41) is 12.5. The number of hydrogen-bond donors (Lipinski definition) is 1. The van der Waals surface area contributed by atoms with Crippen LogP contribution in [0.4, 0.5) is 0 Å². The molecule has 1 aliphatic rings. The van der Waals surface area contributed by atoms with Gasteiger partial charge in [-0.3, -0.25) is 9.59 Å². The molecule has 2 atom stereocenters. The van der Waals surface area contributed by atoms with E-state index in [4.69, 9.17) is 11.6 Å². The third kappa shape index (κ3) is 4.19. The molecule has 2 aromatic rings. The molecule has 0 aliphatic carbocycles. The molecule has 0 spiro atoms. The van der Waals surface area contributed by atoms with Gasteiger partial charge in [-0.25, -0.2) is 4.98 Å². The molecule has 0 saturated carbocycles. The number of thiazole rings is 1. The first-order valence-electron chi connectivity index (χ1n) is 8.14. The summed E-state index contributed by atoms with van der Waals surface area (Å²) in [5.41, 5.74) is 1.54. The van der Waals surface area contributed by atoms with Crippen molar-refractivity contribution < 1.29 is 14.7 Å². The van der Waals surface area contributed by atoms with Crippen LogP contribution in [0.5, 0.6) is 0 Å². The Kier molecular flexibility index (Phi) is 5.39. The lowest BCUT2D eigenvalue weighted by molar-refractivity contribution is -0.146. The van der Waals surface area contributed by atoms with E-state index in [0.29, 0.717) is 23.7 Å². The summed E-state index contributed by atoms with van der Waals surface area (Å²) in [6.45, 7) is 2.86. The Balaban J connectivity index is 1.69. The van der Waals surface area contributed by atoms with Crippen molar-refractivity contribution in [1.82, 2.24) is 9.88 Å². The number of carbonyl (C=O) groups is 2. The van der Waals surface area contributed by atoms with Crippen molar-refractivity contribution >= 4 is 34.8 Å². The molecule has 2 heterocycles. The predicted octanol–water partition coefficient (Wildman–Crippen LogP) is 3.58. The van der Waals surface area contributed by atoms with Gasteiger partial charge in [0.25, 0.3) is 0 Å². The maximum Gasteiger partial charge on any atom is 0.308 e. The van der Waals surface area contributed by atoms with Crippen molar-refractivity contribution in [2.45, 2.75) is 19.8 Å². The lowest BCUT2D eigenvalue weighted by atomic mass is 9.90. The van der Waals surface area contributed by atoms with E-state index >= 15 is 0 Å². The number of nitrogens with zero attached hydrogens (tertiary/aromatic N) is 2. The van der Waals surface area contributed by atoms with E-state index < -0.39 is 11.9 Å². The summed E-state index contributed by atoms with van der Waals surface area (Å²) in [6, 6.07) is 7.47.